The van der Waals surface area contributed by atoms with Crippen LogP contribution in [0.3, 0.4) is 0 Å². The molecule has 6 nitrogen and oxygen atoms in total. The van der Waals surface area contributed by atoms with Crippen LogP contribution in [0.4, 0.5) is 0 Å². The van der Waals surface area contributed by atoms with Crippen LogP contribution in [0.5, 0.6) is 5.75 Å². The lowest BCUT2D eigenvalue weighted by Gasteiger charge is -2.28. The smallest absolute Gasteiger partial charge is 0.295 e. The SMILES string of the molecule is CCCOc1cccc(/C(O)=C2\C(=O)C(=O)N(CCN(CC)CC)C2c2cccc(Br)c2)c1. The van der Waals surface area contributed by atoms with Gasteiger partial charge in [0.25, 0.3) is 11.7 Å². The molecule has 0 saturated carbocycles. The van der Waals surface area contributed by atoms with Crippen LogP contribution >= 0.6 is 15.9 Å². The van der Waals surface area contributed by atoms with Gasteiger partial charge in [-0.05, 0) is 49.3 Å². The molecule has 1 unspecified atom stereocenters. The van der Waals surface area contributed by atoms with Crippen molar-refractivity contribution in [1.82, 2.24) is 9.80 Å². The molecule has 0 aliphatic carbocycles. The zero-order valence-corrected chi connectivity index (χ0v) is 21.0. The average molecular weight is 515 g/mol. The van der Waals surface area contributed by atoms with Crippen molar-refractivity contribution in [2.75, 3.05) is 32.8 Å². The van der Waals surface area contributed by atoms with Crippen molar-refractivity contribution in [3.05, 3.63) is 69.7 Å². The highest BCUT2D eigenvalue weighted by atomic mass is 79.9. The van der Waals surface area contributed by atoms with E-state index < -0.39 is 17.7 Å². The Balaban J connectivity index is 2.07. The number of aliphatic hydroxyl groups is 1. The van der Waals surface area contributed by atoms with Crippen LogP contribution in [0, 0.1) is 0 Å². The van der Waals surface area contributed by atoms with Gasteiger partial charge in [0.05, 0.1) is 18.2 Å². The molecule has 1 fully saturated rings. The molecule has 2 aromatic carbocycles. The Hall–Kier alpha value is -2.64. The van der Waals surface area contributed by atoms with Crippen LogP contribution in [0.1, 0.15) is 44.4 Å². The van der Waals surface area contributed by atoms with Crippen LogP contribution < -0.4 is 4.74 Å². The lowest BCUT2D eigenvalue weighted by atomic mass is 9.95. The van der Waals surface area contributed by atoms with Crippen molar-refractivity contribution >= 4 is 33.4 Å². The van der Waals surface area contributed by atoms with Gasteiger partial charge in [-0.15, -0.1) is 0 Å². The fourth-order valence-electron chi connectivity index (χ4n) is 4.03. The van der Waals surface area contributed by atoms with E-state index in [2.05, 4.69) is 34.7 Å². The Morgan fingerprint density at radius 3 is 2.48 bits per heavy atom. The predicted octanol–water partition coefficient (Wildman–Crippen LogP) is 5.00. The van der Waals surface area contributed by atoms with E-state index in [9.17, 15) is 14.7 Å². The van der Waals surface area contributed by atoms with Gasteiger partial charge in [-0.2, -0.15) is 0 Å². The molecule has 3 rings (SSSR count). The summed E-state index contributed by atoms with van der Waals surface area (Å²) in [5, 5.41) is 11.2. The second-order valence-corrected chi connectivity index (χ2v) is 8.87. The highest BCUT2D eigenvalue weighted by molar-refractivity contribution is 9.10. The van der Waals surface area contributed by atoms with E-state index in [0.29, 0.717) is 31.0 Å². The number of ether oxygens (including phenoxy) is 1. The number of likely N-dealkylation sites (tertiary alicyclic amines) is 1. The standard InChI is InChI=1S/C26H31BrN2O4/c1-4-15-33-21-12-8-10-19(17-21)24(30)22-23(18-9-7-11-20(27)16-18)29(26(32)25(22)31)14-13-28(5-2)6-3/h7-12,16-17,23,30H,4-6,13-15H2,1-3H3/b24-22+. The third-order valence-electron chi connectivity index (χ3n) is 5.84. The Morgan fingerprint density at radius 1 is 1.09 bits per heavy atom. The maximum absolute atomic E-state index is 13.2. The van der Waals surface area contributed by atoms with Gasteiger partial charge in [-0.25, -0.2) is 0 Å². The molecular weight excluding hydrogens is 484 g/mol. The molecule has 0 radical (unpaired) electrons. The first kappa shape index (κ1) is 25.0. The molecule has 1 saturated heterocycles. The molecule has 2 aromatic rings. The molecule has 1 amide bonds. The number of carbonyl (C=O) groups excluding carboxylic acids is 2. The van der Waals surface area contributed by atoms with Gasteiger partial charge in [0, 0.05) is 23.1 Å². The van der Waals surface area contributed by atoms with Crippen molar-refractivity contribution in [3.63, 3.8) is 0 Å². The van der Waals surface area contributed by atoms with Crippen molar-refractivity contribution in [3.8, 4) is 5.75 Å². The highest BCUT2D eigenvalue weighted by Crippen LogP contribution is 2.40. The summed E-state index contributed by atoms with van der Waals surface area (Å²) in [6.45, 7) is 9.44. The molecule has 176 valence electrons. The summed E-state index contributed by atoms with van der Waals surface area (Å²) in [6.07, 6.45) is 0.858. The zero-order valence-electron chi connectivity index (χ0n) is 19.4. The number of hydrogen-bond acceptors (Lipinski definition) is 5. The van der Waals surface area contributed by atoms with Crippen molar-refractivity contribution < 1.29 is 19.4 Å². The number of Topliss-reactive ketones (excluding diaryl/α,β-unsaturated/α-hetero) is 1. The minimum atomic E-state index is -0.670. The minimum Gasteiger partial charge on any atom is -0.507 e. The van der Waals surface area contributed by atoms with Crippen LogP contribution in [-0.4, -0.2) is 59.4 Å². The van der Waals surface area contributed by atoms with Crippen LogP contribution in [0.25, 0.3) is 5.76 Å². The molecule has 7 heteroatoms. The number of hydrogen-bond donors (Lipinski definition) is 1. The maximum Gasteiger partial charge on any atom is 0.295 e. The van der Waals surface area contributed by atoms with E-state index in [4.69, 9.17) is 4.74 Å². The van der Waals surface area contributed by atoms with Gasteiger partial charge >= 0.3 is 0 Å². The fourth-order valence-corrected chi connectivity index (χ4v) is 4.45. The first-order chi connectivity index (χ1) is 15.9. The van der Waals surface area contributed by atoms with Crippen LogP contribution in [0.2, 0.25) is 0 Å². The molecule has 1 aliphatic rings. The minimum absolute atomic E-state index is 0.102. The van der Waals surface area contributed by atoms with E-state index >= 15 is 0 Å². The number of likely N-dealkylation sites (N-methyl/N-ethyl adjacent to an activating group) is 1. The second-order valence-electron chi connectivity index (χ2n) is 7.95. The third kappa shape index (κ3) is 5.65. The first-order valence-electron chi connectivity index (χ1n) is 11.4. The number of aliphatic hydroxyl groups excluding tert-OH is 1. The molecule has 33 heavy (non-hydrogen) atoms. The molecule has 0 bridgehead atoms. The Bertz CT molecular complexity index is 1030. The quantitative estimate of drug-likeness (QED) is 0.274. The molecule has 1 heterocycles. The van der Waals surface area contributed by atoms with E-state index in [1.807, 2.05) is 31.2 Å². The number of rotatable bonds is 10. The first-order valence-corrected chi connectivity index (χ1v) is 12.2. The largest absolute Gasteiger partial charge is 0.507 e. The summed E-state index contributed by atoms with van der Waals surface area (Å²) >= 11 is 3.49. The molecule has 1 atom stereocenters. The lowest BCUT2D eigenvalue weighted by Crippen LogP contribution is -2.38. The van der Waals surface area contributed by atoms with E-state index in [1.54, 1.807) is 29.2 Å². The monoisotopic (exact) mass is 514 g/mol. The normalized spacial score (nSPS) is 17.7. The Kier molecular flexibility index (Phi) is 8.69. The van der Waals surface area contributed by atoms with E-state index in [-0.39, 0.29) is 11.3 Å². The Morgan fingerprint density at radius 2 is 1.82 bits per heavy atom. The summed E-state index contributed by atoms with van der Waals surface area (Å²) < 4.78 is 6.52. The Labute approximate surface area is 204 Å². The average Bonchev–Trinajstić information content (AvgIpc) is 3.08. The zero-order chi connectivity index (χ0) is 24.0. The molecule has 0 aromatic heterocycles. The van der Waals surface area contributed by atoms with Gasteiger partial charge in [-0.3, -0.25) is 9.59 Å². The highest BCUT2D eigenvalue weighted by Gasteiger charge is 2.46. The molecule has 1 aliphatic heterocycles. The van der Waals surface area contributed by atoms with E-state index in [0.717, 1.165) is 29.5 Å². The van der Waals surface area contributed by atoms with Gasteiger partial charge < -0.3 is 19.6 Å². The maximum atomic E-state index is 13.2. The van der Waals surface area contributed by atoms with E-state index in [1.165, 1.54) is 0 Å². The number of halogens is 1. The molecular formula is C26H31BrN2O4. The summed E-state index contributed by atoms with van der Waals surface area (Å²) in [6, 6.07) is 13.8. The number of benzene rings is 2. The number of ketones is 1. The number of amides is 1. The third-order valence-corrected chi connectivity index (χ3v) is 6.33. The molecule has 1 N–H and O–H groups in total. The van der Waals surface area contributed by atoms with Crippen molar-refractivity contribution in [2.24, 2.45) is 0 Å². The number of nitrogens with zero attached hydrogens (tertiary/aromatic N) is 2. The van der Waals surface area contributed by atoms with Crippen LogP contribution in [-0.2, 0) is 9.59 Å². The lowest BCUT2D eigenvalue weighted by molar-refractivity contribution is -0.140. The predicted molar refractivity (Wildman–Crippen MR) is 133 cm³/mol. The van der Waals surface area contributed by atoms with Gasteiger partial charge in [0.2, 0.25) is 0 Å². The van der Waals surface area contributed by atoms with Crippen LogP contribution in [0.15, 0.2) is 58.6 Å². The summed E-state index contributed by atoms with van der Waals surface area (Å²) in [7, 11) is 0. The second kappa shape index (κ2) is 11.5. The summed E-state index contributed by atoms with van der Waals surface area (Å²) in [4.78, 5) is 30.0. The van der Waals surface area contributed by atoms with Gasteiger partial charge in [0.1, 0.15) is 11.5 Å². The summed E-state index contributed by atoms with van der Waals surface area (Å²) in [5.41, 5.74) is 1.32. The van der Waals surface area contributed by atoms with Crippen molar-refractivity contribution in [1.29, 1.82) is 0 Å². The summed E-state index contributed by atoms with van der Waals surface area (Å²) in [5.74, 6) is -0.842. The topological polar surface area (TPSA) is 70.1 Å². The molecule has 0 spiro atoms. The number of carbonyl (C=O) groups is 2. The van der Waals surface area contributed by atoms with Gasteiger partial charge in [0.15, 0.2) is 0 Å². The van der Waals surface area contributed by atoms with Gasteiger partial charge in [-0.1, -0.05) is 61.0 Å². The fraction of sp³-hybridized carbons (Fsp3) is 0.385. The van der Waals surface area contributed by atoms with Crippen molar-refractivity contribution in [2.45, 2.75) is 33.2 Å².